The number of carbonyl (C=O) groups excluding carboxylic acids is 2. The molecule has 1 N–H and O–H groups in total. The zero-order valence-electron chi connectivity index (χ0n) is 18.9. The second kappa shape index (κ2) is 11.0. The Morgan fingerprint density at radius 3 is 2.42 bits per heavy atom. The number of hydrogen-bond acceptors (Lipinski definition) is 3. The highest BCUT2D eigenvalue weighted by atomic mass is 16.5. The Morgan fingerprint density at radius 2 is 1.81 bits per heavy atom. The lowest BCUT2D eigenvalue weighted by Crippen LogP contribution is -2.51. The Morgan fingerprint density at radius 1 is 1.10 bits per heavy atom. The largest absolute Gasteiger partial charge is 0.497 e. The molecule has 2 aromatic rings. The lowest BCUT2D eigenvalue weighted by Gasteiger charge is -2.31. The van der Waals surface area contributed by atoms with Crippen molar-refractivity contribution in [1.29, 1.82) is 0 Å². The second-order valence-electron chi connectivity index (χ2n) is 8.45. The van der Waals surface area contributed by atoms with Gasteiger partial charge in [0.1, 0.15) is 11.8 Å². The van der Waals surface area contributed by atoms with Gasteiger partial charge in [-0.3, -0.25) is 9.59 Å². The Hall–Kier alpha value is -2.82. The van der Waals surface area contributed by atoms with Crippen LogP contribution in [0.3, 0.4) is 0 Å². The molecule has 1 fully saturated rings. The summed E-state index contributed by atoms with van der Waals surface area (Å²) in [6.07, 6.45) is 5.22. The van der Waals surface area contributed by atoms with Crippen molar-refractivity contribution in [1.82, 2.24) is 10.2 Å². The van der Waals surface area contributed by atoms with Crippen molar-refractivity contribution in [2.75, 3.05) is 7.11 Å². The molecule has 5 nitrogen and oxygen atoms in total. The van der Waals surface area contributed by atoms with Gasteiger partial charge < -0.3 is 15.0 Å². The number of amides is 2. The predicted molar refractivity (Wildman–Crippen MR) is 123 cm³/mol. The van der Waals surface area contributed by atoms with Gasteiger partial charge in [0.05, 0.1) is 13.5 Å². The summed E-state index contributed by atoms with van der Waals surface area (Å²) in [5, 5.41) is 3.19. The van der Waals surface area contributed by atoms with Crippen molar-refractivity contribution in [2.24, 2.45) is 0 Å². The van der Waals surface area contributed by atoms with Crippen LogP contribution in [-0.4, -0.2) is 35.9 Å². The van der Waals surface area contributed by atoms with Crippen LogP contribution >= 0.6 is 0 Å². The van der Waals surface area contributed by atoms with Crippen LogP contribution in [0.2, 0.25) is 0 Å². The average Bonchev–Trinajstić information content (AvgIpc) is 3.27. The third-order valence-electron chi connectivity index (χ3n) is 6.04. The fourth-order valence-corrected chi connectivity index (χ4v) is 4.31. The van der Waals surface area contributed by atoms with Crippen LogP contribution in [-0.2, 0) is 22.6 Å². The summed E-state index contributed by atoms with van der Waals surface area (Å²) in [4.78, 5) is 28.3. The molecule has 2 aromatic carbocycles. The average molecular weight is 423 g/mol. The fourth-order valence-electron chi connectivity index (χ4n) is 4.31. The van der Waals surface area contributed by atoms with E-state index in [0.29, 0.717) is 13.0 Å². The molecule has 3 rings (SSSR count). The molecule has 0 aliphatic heterocycles. The van der Waals surface area contributed by atoms with Crippen LogP contribution < -0.4 is 10.1 Å². The zero-order chi connectivity index (χ0) is 22.2. The Bertz CT molecular complexity index is 872. The third-order valence-corrected chi connectivity index (χ3v) is 6.04. The highest BCUT2D eigenvalue weighted by Gasteiger charge is 2.30. The molecule has 0 spiro atoms. The van der Waals surface area contributed by atoms with Crippen molar-refractivity contribution in [3.63, 3.8) is 0 Å². The number of aryl methyl sites for hydroxylation is 1. The maximum absolute atomic E-state index is 13.4. The lowest BCUT2D eigenvalue weighted by molar-refractivity contribution is -0.141. The topological polar surface area (TPSA) is 58.6 Å². The van der Waals surface area contributed by atoms with Crippen LogP contribution in [0.25, 0.3) is 0 Å². The summed E-state index contributed by atoms with van der Waals surface area (Å²) >= 11 is 0. The van der Waals surface area contributed by atoms with Crippen molar-refractivity contribution in [3.05, 3.63) is 65.2 Å². The highest BCUT2D eigenvalue weighted by molar-refractivity contribution is 5.88. The van der Waals surface area contributed by atoms with Crippen LogP contribution in [0, 0.1) is 6.92 Å². The van der Waals surface area contributed by atoms with Gasteiger partial charge in [0.15, 0.2) is 0 Å². The van der Waals surface area contributed by atoms with Gasteiger partial charge in [-0.15, -0.1) is 0 Å². The molecule has 0 saturated heterocycles. The Balaban J connectivity index is 1.81. The first-order chi connectivity index (χ1) is 15.0. The van der Waals surface area contributed by atoms with E-state index in [4.69, 9.17) is 4.74 Å². The molecule has 0 bridgehead atoms. The summed E-state index contributed by atoms with van der Waals surface area (Å²) in [7, 11) is 1.63. The van der Waals surface area contributed by atoms with Gasteiger partial charge in [-0.25, -0.2) is 0 Å². The van der Waals surface area contributed by atoms with Crippen LogP contribution in [0.1, 0.15) is 55.7 Å². The minimum atomic E-state index is -0.486. The molecule has 166 valence electrons. The molecule has 1 atom stereocenters. The Labute approximate surface area is 185 Å². The first kappa shape index (κ1) is 22.9. The van der Waals surface area contributed by atoms with Gasteiger partial charge in [-0.1, -0.05) is 61.7 Å². The molecular formula is C26H34N2O3. The van der Waals surface area contributed by atoms with E-state index in [1.165, 1.54) is 0 Å². The van der Waals surface area contributed by atoms with Gasteiger partial charge in [-0.05, 0) is 49.4 Å². The number of nitrogens with zero attached hydrogens (tertiary/aromatic N) is 1. The molecule has 1 aliphatic carbocycles. The normalized spacial score (nSPS) is 14.8. The molecule has 1 saturated carbocycles. The maximum atomic E-state index is 13.4. The third kappa shape index (κ3) is 6.33. The van der Waals surface area contributed by atoms with Crippen LogP contribution in [0.15, 0.2) is 48.5 Å². The van der Waals surface area contributed by atoms with E-state index in [2.05, 4.69) is 5.32 Å². The summed E-state index contributed by atoms with van der Waals surface area (Å²) < 4.78 is 5.25. The second-order valence-corrected chi connectivity index (χ2v) is 8.45. The Kier molecular flexibility index (Phi) is 8.10. The van der Waals surface area contributed by atoms with Crippen molar-refractivity contribution in [2.45, 2.75) is 71.0 Å². The van der Waals surface area contributed by atoms with E-state index in [9.17, 15) is 9.59 Å². The fraction of sp³-hybridized carbons (Fsp3) is 0.462. The quantitative estimate of drug-likeness (QED) is 0.651. The first-order valence-electron chi connectivity index (χ1n) is 11.3. The first-order valence-corrected chi connectivity index (χ1v) is 11.3. The molecule has 1 aliphatic rings. The number of nitrogens with one attached hydrogen (secondary N) is 1. The van der Waals surface area contributed by atoms with E-state index in [1.54, 1.807) is 12.0 Å². The molecule has 0 radical (unpaired) electrons. The molecule has 0 aromatic heterocycles. The zero-order valence-corrected chi connectivity index (χ0v) is 18.9. The van der Waals surface area contributed by atoms with Crippen molar-refractivity contribution in [3.8, 4) is 5.75 Å². The molecule has 5 heteroatoms. The summed E-state index contributed by atoms with van der Waals surface area (Å²) in [5.74, 6) is 0.697. The smallest absolute Gasteiger partial charge is 0.243 e. The maximum Gasteiger partial charge on any atom is 0.243 e. The van der Waals surface area contributed by atoms with E-state index >= 15 is 0 Å². The van der Waals surface area contributed by atoms with Crippen molar-refractivity contribution < 1.29 is 14.3 Å². The van der Waals surface area contributed by atoms with Gasteiger partial charge in [0.2, 0.25) is 11.8 Å². The number of methoxy groups -OCH3 is 1. The van der Waals surface area contributed by atoms with Crippen LogP contribution in [0.5, 0.6) is 5.75 Å². The molecular weight excluding hydrogens is 388 g/mol. The number of rotatable bonds is 9. The van der Waals surface area contributed by atoms with Crippen molar-refractivity contribution >= 4 is 11.8 Å². The number of hydrogen-bond donors (Lipinski definition) is 1. The minimum absolute atomic E-state index is 0.0326. The van der Waals surface area contributed by atoms with E-state index < -0.39 is 6.04 Å². The standard InChI is InChI=1S/C26H34N2O3/c1-4-24(26(30)27-22-10-5-6-11-22)28(18-20-12-14-23(31-3)15-13-20)25(29)17-21-9-7-8-19(2)16-21/h7-9,12-16,22,24H,4-6,10-11,17-18H2,1-3H3,(H,27,30). The number of carbonyl (C=O) groups is 2. The predicted octanol–water partition coefficient (Wildman–Crippen LogP) is 4.41. The number of ether oxygens (including phenoxy) is 1. The van der Waals surface area contributed by atoms with E-state index in [-0.39, 0.29) is 24.3 Å². The van der Waals surface area contributed by atoms with E-state index in [1.807, 2.05) is 62.4 Å². The summed E-state index contributed by atoms with van der Waals surface area (Å²) in [6.45, 7) is 4.39. The van der Waals surface area contributed by atoms with Gasteiger partial charge in [0, 0.05) is 12.6 Å². The monoisotopic (exact) mass is 422 g/mol. The lowest BCUT2D eigenvalue weighted by atomic mass is 10.0. The molecule has 31 heavy (non-hydrogen) atoms. The van der Waals surface area contributed by atoms with Gasteiger partial charge in [0.25, 0.3) is 0 Å². The van der Waals surface area contributed by atoms with Gasteiger partial charge >= 0.3 is 0 Å². The van der Waals surface area contributed by atoms with Crippen LogP contribution in [0.4, 0.5) is 0 Å². The molecule has 0 heterocycles. The minimum Gasteiger partial charge on any atom is -0.497 e. The summed E-state index contributed by atoms with van der Waals surface area (Å²) in [6, 6.07) is 15.4. The summed E-state index contributed by atoms with van der Waals surface area (Å²) in [5.41, 5.74) is 3.07. The highest BCUT2D eigenvalue weighted by Crippen LogP contribution is 2.20. The van der Waals surface area contributed by atoms with Gasteiger partial charge in [-0.2, -0.15) is 0 Å². The molecule has 2 amide bonds. The number of benzene rings is 2. The van der Waals surface area contributed by atoms with E-state index in [0.717, 1.165) is 48.1 Å². The molecule has 1 unspecified atom stereocenters. The SMILES string of the molecule is CCC(C(=O)NC1CCCC1)N(Cc1ccc(OC)cc1)C(=O)Cc1cccc(C)c1.